The number of benzene rings is 6. The van der Waals surface area contributed by atoms with Gasteiger partial charge in [-0.15, -0.1) is 11.3 Å². The van der Waals surface area contributed by atoms with Gasteiger partial charge in [0.05, 0.1) is 0 Å². The summed E-state index contributed by atoms with van der Waals surface area (Å²) in [5.41, 5.74) is 5.18. The van der Waals surface area contributed by atoms with E-state index in [0.29, 0.717) is 0 Å². The Balaban J connectivity index is 1.80. The van der Waals surface area contributed by atoms with Crippen LogP contribution in [0.25, 0.3) is 64.0 Å². The Morgan fingerprint density at radius 3 is 1.58 bits per heavy atom. The monoisotopic (exact) mass is 436 g/mol. The van der Waals surface area contributed by atoms with Crippen LogP contribution in [0.15, 0.2) is 121 Å². The number of thiophene rings is 1. The maximum absolute atomic E-state index is 2.35. The molecule has 0 saturated carbocycles. The van der Waals surface area contributed by atoms with Gasteiger partial charge in [-0.2, -0.15) is 0 Å². The van der Waals surface area contributed by atoms with Gasteiger partial charge in [0.25, 0.3) is 0 Å². The topological polar surface area (TPSA) is 0 Å². The van der Waals surface area contributed by atoms with Crippen LogP contribution in [-0.4, -0.2) is 0 Å². The normalized spacial score (nSPS) is 11.6. The molecule has 0 radical (unpaired) electrons. The van der Waals surface area contributed by atoms with Crippen molar-refractivity contribution in [3.05, 3.63) is 121 Å². The minimum absolute atomic E-state index is 1.26. The lowest BCUT2D eigenvalue weighted by Gasteiger charge is -2.18. The molecule has 0 aliphatic rings. The molecule has 0 aliphatic heterocycles. The smallest absolute Gasteiger partial charge is 0.0440 e. The van der Waals surface area contributed by atoms with E-state index in [2.05, 4.69) is 121 Å². The van der Waals surface area contributed by atoms with Gasteiger partial charge in [-0.3, -0.25) is 0 Å². The Morgan fingerprint density at radius 2 is 0.879 bits per heavy atom. The molecule has 0 N–H and O–H groups in total. The van der Waals surface area contributed by atoms with Crippen LogP contribution < -0.4 is 0 Å². The van der Waals surface area contributed by atoms with Gasteiger partial charge in [0.15, 0.2) is 0 Å². The Bertz CT molecular complexity index is 1790. The first-order chi connectivity index (χ1) is 16.4. The molecular weight excluding hydrogens is 416 g/mol. The summed E-state index contributed by atoms with van der Waals surface area (Å²) in [6.07, 6.45) is 0. The van der Waals surface area contributed by atoms with E-state index >= 15 is 0 Å². The molecule has 154 valence electrons. The van der Waals surface area contributed by atoms with Crippen LogP contribution in [0.2, 0.25) is 0 Å². The maximum atomic E-state index is 2.35. The SMILES string of the molecule is c1ccc(-c2c3ccccc3c(-c3ccccc3)c3c2ccc2c4ccccc4sc23)cc1. The number of hydrogen-bond acceptors (Lipinski definition) is 1. The Morgan fingerprint density at radius 1 is 0.364 bits per heavy atom. The maximum Gasteiger partial charge on any atom is 0.0440 e. The van der Waals surface area contributed by atoms with Gasteiger partial charge in [0.1, 0.15) is 0 Å². The largest absolute Gasteiger partial charge is 0.135 e. The molecule has 7 aromatic rings. The van der Waals surface area contributed by atoms with Crippen molar-refractivity contribution in [2.24, 2.45) is 0 Å². The molecule has 0 saturated heterocycles. The van der Waals surface area contributed by atoms with Crippen LogP contribution in [0.3, 0.4) is 0 Å². The van der Waals surface area contributed by atoms with Gasteiger partial charge < -0.3 is 0 Å². The first-order valence-electron chi connectivity index (χ1n) is 11.3. The number of fused-ring (bicyclic) bond motifs is 6. The highest BCUT2D eigenvalue weighted by atomic mass is 32.1. The fourth-order valence-corrected chi connectivity index (χ4v) is 6.52. The first kappa shape index (κ1) is 18.6. The summed E-state index contributed by atoms with van der Waals surface area (Å²) in [7, 11) is 0. The molecule has 0 nitrogen and oxygen atoms in total. The highest BCUT2D eigenvalue weighted by Crippen LogP contribution is 2.48. The van der Waals surface area contributed by atoms with Gasteiger partial charge in [-0.25, -0.2) is 0 Å². The molecule has 0 spiro atoms. The van der Waals surface area contributed by atoms with Crippen molar-refractivity contribution in [2.75, 3.05) is 0 Å². The van der Waals surface area contributed by atoms with Crippen molar-refractivity contribution >= 4 is 53.1 Å². The molecule has 0 fully saturated rings. The molecule has 1 heterocycles. The average Bonchev–Trinajstić information content (AvgIpc) is 3.27. The van der Waals surface area contributed by atoms with Crippen molar-refractivity contribution in [3.63, 3.8) is 0 Å². The zero-order valence-electron chi connectivity index (χ0n) is 18.0. The van der Waals surface area contributed by atoms with E-state index in [1.165, 1.54) is 64.0 Å². The quantitative estimate of drug-likeness (QED) is 0.237. The zero-order chi connectivity index (χ0) is 21.8. The molecule has 1 aromatic heterocycles. The van der Waals surface area contributed by atoms with Gasteiger partial charge >= 0.3 is 0 Å². The van der Waals surface area contributed by atoms with Crippen LogP contribution in [0.1, 0.15) is 0 Å². The zero-order valence-corrected chi connectivity index (χ0v) is 18.8. The molecule has 0 unspecified atom stereocenters. The van der Waals surface area contributed by atoms with Crippen molar-refractivity contribution in [1.82, 2.24) is 0 Å². The molecular formula is C32H20S. The van der Waals surface area contributed by atoms with E-state index in [0.717, 1.165) is 0 Å². The molecule has 1 heteroatoms. The number of rotatable bonds is 2. The lowest BCUT2D eigenvalue weighted by Crippen LogP contribution is -1.91. The van der Waals surface area contributed by atoms with Crippen LogP contribution in [-0.2, 0) is 0 Å². The average molecular weight is 437 g/mol. The first-order valence-corrected chi connectivity index (χ1v) is 12.1. The molecule has 7 rings (SSSR count). The predicted octanol–water partition coefficient (Wildman–Crippen LogP) is 9.69. The van der Waals surface area contributed by atoms with Crippen molar-refractivity contribution in [1.29, 1.82) is 0 Å². The molecule has 0 aliphatic carbocycles. The third-order valence-electron chi connectivity index (χ3n) is 6.66. The Kier molecular flexibility index (Phi) is 4.12. The second-order valence-corrected chi connectivity index (χ2v) is 9.54. The fraction of sp³-hybridized carbons (Fsp3) is 0. The summed E-state index contributed by atoms with van der Waals surface area (Å²) in [5, 5.41) is 7.97. The van der Waals surface area contributed by atoms with E-state index in [9.17, 15) is 0 Å². The summed E-state index contributed by atoms with van der Waals surface area (Å²) in [5.74, 6) is 0. The Hall–Kier alpha value is -3.94. The van der Waals surface area contributed by atoms with Crippen LogP contribution in [0.4, 0.5) is 0 Å². The highest BCUT2D eigenvalue weighted by Gasteiger charge is 2.19. The Labute approximate surface area is 196 Å². The van der Waals surface area contributed by atoms with Gasteiger partial charge in [-0.1, -0.05) is 115 Å². The summed E-state index contributed by atoms with van der Waals surface area (Å²) in [6.45, 7) is 0. The lowest BCUT2D eigenvalue weighted by molar-refractivity contribution is 1.66. The molecule has 33 heavy (non-hydrogen) atoms. The van der Waals surface area contributed by atoms with Gasteiger partial charge in [0.2, 0.25) is 0 Å². The van der Waals surface area contributed by atoms with Crippen LogP contribution in [0.5, 0.6) is 0 Å². The van der Waals surface area contributed by atoms with Gasteiger partial charge in [0, 0.05) is 25.6 Å². The van der Waals surface area contributed by atoms with Crippen molar-refractivity contribution in [3.8, 4) is 22.3 Å². The summed E-state index contributed by atoms with van der Waals surface area (Å²) >= 11 is 1.91. The van der Waals surface area contributed by atoms with Crippen molar-refractivity contribution in [2.45, 2.75) is 0 Å². The molecule has 0 amide bonds. The summed E-state index contributed by atoms with van der Waals surface area (Å²) in [4.78, 5) is 0. The second-order valence-electron chi connectivity index (χ2n) is 8.49. The predicted molar refractivity (Wildman–Crippen MR) is 145 cm³/mol. The lowest BCUT2D eigenvalue weighted by atomic mass is 9.85. The van der Waals surface area contributed by atoms with E-state index in [1.807, 2.05) is 11.3 Å². The van der Waals surface area contributed by atoms with Gasteiger partial charge in [-0.05, 0) is 44.5 Å². The third-order valence-corrected chi connectivity index (χ3v) is 7.86. The standard InChI is InChI=1S/C32H20S/c1-3-11-21(12-4-1)29-24-16-7-8-17-25(24)30(22-13-5-2-6-14-22)31-27(29)20-19-26-23-15-9-10-18-28(23)33-32(26)31/h1-20H. The highest BCUT2D eigenvalue weighted by molar-refractivity contribution is 7.26. The third kappa shape index (κ3) is 2.76. The van der Waals surface area contributed by atoms with E-state index in [4.69, 9.17) is 0 Å². The van der Waals surface area contributed by atoms with E-state index in [1.54, 1.807) is 0 Å². The number of hydrogen-bond donors (Lipinski definition) is 0. The second kappa shape index (κ2) is 7.30. The fourth-order valence-electron chi connectivity index (χ4n) is 5.26. The minimum Gasteiger partial charge on any atom is -0.135 e. The van der Waals surface area contributed by atoms with E-state index < -0.39 is 0 Å². The van der Waals surface area contributed by atoms with Crippen LogP contribution in [0, 0.1) is 0 Å². The summed E-state index contributed by atoms with van der Waals surface area (Å²) in [6, 6.07) is 44.1. The molecule has 0 bridgehead atoms. The minimum atomic E-state index is 1.26. The molecule has 6 aromatic carbocycles. The molecule has 0 atom stereocenters. The summed E-state index contributed by atoms with van der Waals surface area (Å²) < 4.78 is 2.71. The van der Waals surface area contributed by atoms with Crippen molar-refractivity contribution < 1.29 is 0 Å². The van der Waals surface area contributed by atoms with E-state index in [-0.39, 0.29) is 0 Å². The van der Waals surface area contributed by atoms with Crippen LogP contribution >= 0.6 is 11.3 Å².